The lowest BCUT2D eigenvalue weighted by Crippen LogP contribution is -2.61. The van der Waals surface area contributed by atoms with Gasteiger partial charge in [0.2, 0.25) is 41.4 Å². The molecule has 12 N–H and O–H groups in total. The molecule has 0 fully saturated rings. The summed E-state index contributed by atoms with van der Waals surface area (Å²) in [4.78, 5) is 89.6. The molecule has 7 atom stereocenters. The van der Waals surface area contributed by atoms with Crippen LogP contribution in [0.2, 0.25) is 0 Å². The molecule has 0 aromatic heterocycles. The summed E-state index contributed by atoms with van der Waals surface area (Å²) in [5.41, 5.74) is 6.20. The zero-order valence-corrected chi connectivity index (χ0v) is 29.7. The molecule has 0 radical (unpaired) electrons. The molecule has 19 heteroatoms. The number of hydrogen-bond donors (Lipinski definition) is 11. The van der Waals surface area contributed by atoms with E-state index in [1.54, 1.807) is 33.8 Å². The minimum absolute atomic E-state index is 0.0219. The van der Waals surface area contributed by atoms with Crippen molar-refractivity contribution in [3.63, 3.8) is 0 Å². The van der Waals surface area contributed by atoms with E-state index in [2.05, 4.69) is 31.9 Å². The fraction of sp³-hybridized carbons (Fsp3) is 0.710. The Morgan fingerprint density at radius 3 is 1.90 bits per heavy atom. The van der Waals surface area contributed by atoms with Crippen LogP contribution in [0.5, 0.6) is 0 Å². The number of unbranched alkanes of at least 4 members (excludes halogenated alkanes) is 1. The minimum atomic E-state index is -1.66. The van der Waals surface area contributed by atoms with E-state index < -0.39 is 104 Å². The lowest BCUT2D eigenvalue weighted by Gasteiger charge is -2.32. The van der Waals surface area contributed by atoms with Gasteiger partial charge in [-0.3, -0.25) is 33.6 Å². The Labute approximate surface area is 292 Å². The van der Waals surface area contributed by atoms with Crippen LogP contribution in [0.3, 0.4) is 0 Å². The van der Waals surface area contributed by atoms with Crippen LogP contribution in [-0.2, 0) is 33.6 Å². The van der Waals surface area contributed by atoms with Crippen molar-refractivity contribution in [2.24, 2.45) is 5.73 Å². The molecular weight excluding hydrogens is 660 g/mol. The summed E-state index contributed by atoms with van der Waals surface area (Å²) in [6.07, 6.45) is 1.33. The van der Waals surface area contributed by atoms with Crippen molar-refractivity contribution in [2.75, 3.05) is 40.0 Å². The van der Waals surface area contributed by atoms with Gasteiger partial charge in [0.15, 0.2) is 0 Å². The first-order valence-electron chi connectivity index (χ1n) is 16.4. The van der Waals surface area contributed by atoms with Gasteiger partial charge in [-0.25, -0.2) is 0 Å². The third-order valence-electron chi connectivity index (χ3n) is 7.81. The molecule has 0 rings (SSSR count). The summed E-state index contributed by atoms with van der Waals surface area (Å²) in [5, 5.41) is 53.5. The molecule has 0 heterocycles. The van der Waals surface area contributed by atoms with E-state index in [-0.39, 0.29) is 18.7 Å². The number of amides is 7. The fourth-order valence-corrected chi connectivity index (χ4v) is 4.31. The van der Waals surface area contributed by atoms with Crippen LogP contribution in [0.4, 0.5) is 0 Å². The molecule has 0 aliphatic heterocycles. The second kappa shape index (κ2) is 24.1. The number of aliphatic hydroxyl groups is 4. The standard InChI is InChI=1S/C31H56N8O11/c1-7-17(3)18(4)35-28(47)21(15-41)36-29(48)23(11-9-10-12-33-24(44)8-2)39(6)31(50)22(16-42)37-30(49)26(19(5)43)38-25(45)13-34-27(46)20(32)14-40/h7,18-23,26,40-43H,8-16,32H2,1-6H3,(H,33,44)(H,34,46)(H,35,47)(H,36,48)(H,37,49)(H,38,45). The molecule has 7 amide bonds. The minimum Gasteiger partial charge on any atom is -0.394 e. The number of nitrogens with one attached hydrogen (secondary N) is 6. The second-order valence-corrected chi connectivity index (χ2v) is 11.7. The number of allylic oxidation sites excluding steroid dienone is 1. The maximum Gasteiger partial charge on any atom is 0.247 e. The van der Waals surface area contributed by atoms with E-state index in [0.29, 0.717) is 19.4 Å². The summed E-state index contributed by atoms with van der Waals surface area (Å²) in [6, 6.07) is -7.64. The highest BCUT2D eigenvalue weighted by molar-refractivity contribution is 5.96. The first kappa shape index (κ1) is 45.8. The highest BCUT2D eigenvalue weighted by Crippen LogP contribution is 2.11. The van der Waals surface area contributed by atoms with Gasteiger partial charge in [0.25, 0.3) is 0 Å². The molecule has 0 aliphatic carbocycles. The summed E-state index contributed by atoms with van der Waals surface area (Å²) in [7, 11) is 1.24. The molecule has 0 bridgehead atoms. The maximum absolute atomic E-state index is 13.5. The van der Waals surface area contributed by atoms with Crippen molar-refractivity contribution >= 4 is 41.4 Å². The summed E-state index contributed by atoms with van der Waals surface area (Å²) in [5.74, 6) is -5.45. The topological polar surface area (TPSA) is 302 Å². The predicted molar refractivity (Wildman–Crippen MR) is 180 cm³/mol. The fourth-order valence-electron chi connectivity index (χ4n) is 4.31. The molecular formula is C31H56N8O11. The summed E-state index contributed by atoms with van der Waals surface area (Å²) >= 11 is 0. The molecule has 0 saturated carbocycles. The van der Waals surface area contributed by atoms with Gasteiger partial charge in [-0.2, -0.15) is 0 Å². The van der Waals surface area contributed by atoms with E-state index in [1.807, 2.05) is 0 Å². The van der Waals surface area contributed by atoms with Gasteiger partial charge < -0.3 is 63.0 Å². The zero-order valence-electron chi connectivity index (χ0n) is 29.7. The molecule has 50 heavy (non-hydrogen) atoms. The molecule has 7 unspecified atom stereocenters. The largest absolute Gasteiger partial charge is 0.394 e. The van der Waals surface area contributed by atoms with Gasteiger partial charge in [-0.15, -0.1) is 0 Å². The number of aliphatic hydroxyl groups excluding tert-OH is 4. The van der Waals surface area contributed by atoms with E-state index in [4.69, 9.17) is 10.8 Å². The van der Waals surface area contributed by atoms with Crippen LogP contribution in [0.1, 0.15) is 60.3 Å². The third kappa shape index (κ3) is 16.0. The number of carbonyl (C=O) groups is 7. The van der Waals surface area contributed by atoms with Gasteiger partial charge in [-0.05, 0) is 47.0 Å². The monoisotopic (exact) mass is 716 g/mol. The Morgan fingerprint density at radius 2 is 1.38 bits per heavy atom. The number of rotatable bonds is 23. The van der Waals surface area contributed by atoms with Crippen molar-refractivity contribution in [1.29, 1.82) is 0 Å². The van der Waals surface area contributed by atoms with E-state index in [0.717, 1.165) is 10.5 Å². The Morgan fingerprint density at radius 1 is 0.780 bits per heavy atom. The first-order chi connectivity index (χ1) is 23.5. The average molecular weight is 717 g/mol. The van der Waals surface area contributed by atoms with Gasteiger partial charge in [0, 0.05) is 26.1 Å². The maximum atomic E-state index is 13.5. The number of nitrogens with zero attached hydrogens (tertiary/aromatic N) is 1. The smallest absolute Gasteiger partial charge is 0.247 e. The number of nitrogens with two attached hydrogens (primary N) is 1. The lowest BCUT2D eigenvalue weighted by atomic mass is 10.0. The third-order valence-corrected chi connectivity index (χ3v) is 7.81. The normalized spacial score (nSPS) is 15.5. The van der Waals surface area contributed by atoms with Crippen LogP contribution >= 0.6 is 0 Å². The van der Waals surface area contributed by atoms with Gasteiger partial charge in [0.1, 0.15) is 30.2 Å². The zero-order chi connectivity index (χ0) is 38.6. The predicted octanol–water partition coefficient (Wildman–Crippen LogP) is -4.76. The Hall–Kier alpha value is -4.17. The molecule has 286 valence electrons. The SMILES string of the molecule is CC=C(C)C(C)NC(=O)C(CO)NC(=O)C(CCCCNC(=O)CC)N(C)C(=O)C(CO)NC(=O)C(NC(=O)CNC(=O)C(N)CO)C(C)O. The van der Waals surface area contributed by atoms with Crippen LogP contribution in [0.15, 0.2) is 11.6 Å². The van der Waals surface area contributed by atoms with Gasteiger partial charge >= 0.3 is 0 Å². The number of likely N-dealkylation sites (N-methyl/N-ethyl adjacent to an activating group) is 1. The van der Waals surface area contributed by atoms with E-state index in [9.17, 15) is 48.9 Å². The molecule has 19 nitrogen and oxygen atoms in total. The van der Waals surface area contributed by atoms with Crippen LogP contribution < -0.4 is 37.6 Å². The number of carbonyl (C=O) groups excluding carboxylic acids is 7. The second-order valence-electron chi connectivity index (χ2n) is 11.7. The average Bonchev–Trinajstić information content (AvgIpc) is 3.09. The van der Waals surface area contributed by atoms with E-state index >= 15 is 0 Å². The van der Waals surface area contributed by atoms with E-state index in [1.165, 1.54) is 14.0 Å². The lowest BCUT2D eigenvalue weighted by molar-refractivity contribution is -0.144. The quantitative estimate of drug-likeness (QED) is 0.0351. The number of hydrogen-bond acceptors (Lipinski definition) is 12. The van der Waals surface area contributed by atoms with Crippen molar-refractivity contribution < 1.29 is 54.0 Å². The van der Waals surface area contributed by atoms with Crippen LogP contribution in [-0.4, -0.2) is 149 Å². The highest BCUT2D eigenvalue weighted by atomic mass is 16.3. The molecule has 0 aromatic rings. The van der Waals surface area contributed by atoms with Crippen molar-refractivity contribution in [1.82, 2.24) is 36.8 Å². The Kier molecular flexibility index (Phi) is 22.1. The molecule has 0 saturated heterocycles. The summed E-state index contributed by atoms with van der Waals surface area (Å²) in [6.45, 7) is 5.41. The summed E-state index contributed by atoms with van der Waals surface area (Å²) < 4.78 is 0. The first-order valence-corrected chi connectivity index (χ1v) is 16.4. The van der Waals surface area contributed by atoms with Gasteiger partial charge in [0.05, 0.1) is 32.5 Å². The Balaban J connectivity index is 5.93. The molecule has 0 aromatic carbocycles. The van der Waals surface area contributed by atoms with Crippen LogP contribution in [0, 0.1) is 0 Å². The van der Waals surface area contributed by atoms with Crippen molar-refractivity contribution in [2.45, 2.75) is 103 Å². The molecule has 0 spiro atoms. The van der Waals surface area contributed by atoms with Crippen LogP contribution in [0.25, 0.3) is 0 Å². The van der Waals surface area contributed by atoms with Crippen molar-refractivity contribution in [3.8, 4) is 0 Å². The van der Waals surface area contributed by atoms with Crippen molar-refractivity contribution in [3.05, 3.63) is 11.6 Å². The highest BCUT2D eigenvalue weighted by Gasteiger charge is 2.35. The molecule has 0 aliphatic rings. The van der Waals surface area contributed by atoms with Gasteiger partial charge in [-0.1, -0.05) is 18.6 Å². The Bertz CT molecular complexity index is 1180.